The van der Waals surface area contributed by atoms with Gasteiger partial charge in [-0.2, -0.15) is 0 Å². The molecule has 1 aromatic heterocycles. The van der Waals surface area contributed by atoms with Gasteiger partial charge in [-0.1, -0.05) is 12.1 Å². The van der Waals surface area contributed by atoms with E-state index in [4.69, 9.17) is 10.2 Å². The van der Waals surface area contributed by atoms with Gasteiger partial charge in [0.2, 0.25) is 0 Å². The van der Waals surface area contributed by atoms with E-state index in [1.165, 1.54) is 6.26 Å². The molecule has 1 heterocycles. The van der Waals surface area contributed by atoms with Gasteiger partial charge in [0.05, 0.1) is 24.1 Å². The topological polar surface area (TPSA) is 126 Å². The number of hydrogen-bond donors (Lipinski definition) is 4. The van der Waals surface area contributed by atoms with E-state index in [-0.39, 0.29) is 12.5 Å². The summed E-state index contributed by atoms with van der Waals surface area (Å²) in [5, 5.41) is 7.89. The first-order chi connectivity index (χ1) is 13.5. The van der Waals surface area contributed by atoms with Crippen LogP contribution in [0.5, 0.6) is 0 Å². The van der Waals surface area contributed by atoms with E-state index in [1.54, 1.807) is 60.7 Å². The van der Waals surface area contributed by atoms with Crippen molar-refractivity contribution < 1.29 is 18.8 Å². The highest BCUT2D eigenvalue weighted by Gasteiger charge is 2.14. The molecule has 0 saturated carbocycles. The van der Waals surface area contributed by atoms with Crippen molar-refractivity contribution in [3.63, 3.8) is 0 Å². The van der Waals surface area contributed by atoms with E-state index < -0.39 is 11.9 Å². The molecule has 28 heavy (non-hydrogen) atoms. The van der Waals surface area contributed by atoms with Gasteiger partial charge in [-0.3, -0.25) is 9.59 Å². The number of hydrogen-bond acceptors (Lipinski definition) is 4. The zero-order valence-corrected chi connectivity index (χ0v) is 14.8. The lowest BCUT2D eigenvalue weighted by molar-refractivity contribution is 0.0949. The third-order valence-electron chi connectivity index (χ3n) is 3.84. The van der Waals surface area contributed by atoms with E-state index in [9.17, 15) is 14.4 Å². The van der Waals surface area contributed by atoms with Crippen molar-refractivity contribution in [1.82, 2.24) is 5.32 Å². The van der Waals surface area contributed by atoms with Crippen molar-refractivity contribution >= 4 is 29.2 Å². The predicted octanol–water partition coefficient (Wildman–Crippen LogP) is 2.95. The molecule has 0 unspecified atom stereocenters. The average molecular weight is 378 g/mol. The molecule has 0 aliphatic rings. The molecule has 8 heteroatoms. The number of primary amides is 1. The molecule has 142 valence electrons. The Hall–Kier alpha value is -4.07. The second kappa shape index (κ2) is 8.54. The summed E-state index contributed by atoms with van der Waals surface area (Å²) in [6.07, 6.45) is 1.53. The molecule has 0 saturated heterocycles. The Bertz CT molecular complexity index is 982. The van der Waals surface area contributed by atoms with Crippen molar-refractivity contribution in [2.45, 2.75) is 6.54 Å². The number of para-hydroxylation sites is 1. The number of furan rings is 1. The third kappa shape index (κ3) is 4.76. The second-order valence-electron chi connectivity index (χ2n) is 5.83. The summed E-state index contributed by atoms with van der Waals surface area (Å²) in [5.74, 6) is -0.107. The Morgan fingerprint density at radius 3 is 2.29 bits per heavy atom. The van der Waals surface area contributed by atoms with E-state index >= 15 is 0 Å². The molecular weight excluding hydrogens is 360 g/mol. The zero-order chi connectivity index (χ0) is 19.9. The van der Waals surface area contributed by atoms with Gasteiger partial charge >= 0.3 is 6.03 Å². The monoisotopic (exact) mass is 378 g/mol. The van der Waals surface area contributed by atoms with Crippen molar-refractivity contribution in [3.8, 4) is 0 Å². The smallest absolute Gasteiger partial charge is 0.316 e. The van der Waals surface area contributed by atoms with Crippen LogP contribution in [0.4, 0.5) is 16.2 Å². The van der Waals surface area contributed by atoms with Gasteiger partial charge in [0, 0.05) is 11.3 Å². The lowest BCUT2D eigenvalue weighted by Crippen LogP contribution is -2.24. The maximum absolute atomic E-state index is 12.5. The molecule has 0 bridgehead atoms. The fraction of sp³-hybridized carbons (Fsp3) is 0.0500. The van der Waals surface area contributed by atoms with Gasteiger partial charge in [0.25, 0.3) is 11.8 Å². The van der Waals surface area contributed by atoms with E-state index in [0.29, 0.717) is 28.3 Å². The fourth-order valence-corrected chi connectivity index (χ4v) is 2.51. The molecule has 5 N–H and O–H groups in total. The largest absolute Gasteiger partial charge is 0.467 e. The Balaban J connectivity index is 1.69. The van der Waals surface area contributed by atoms with Crippen LogP contribution in [0, 0.1) is 0 Å². The van der Waals surface area contributed by atoms with Crippen LogP contribution in [-0.2, 0) is 6.54 Å². The zero-order valence-electron chi connectivity index (χ0n) is 14.8. The van der Waals surface area contributed by atoms with E-state index in [0.717, 1.165) is 0 Å². The van der Waals surface area contributed by atoms with Crippen molar-refractivity contribution in [2.24, 2.45) is 5.73 Å². The minimum Gasteiger partial charge on any atom is -0.467 e. The standard InChI is InChI=1S/C20H18N4O4/c21-20(27)23-14-9-7-13(8-10-14)18(25)24-17-6-2-1-5-16(17)19(26)22-12-15-4-3-11-28-15/h1-11H,12H2,(H,22,26)(H,24,25)(H3,21,23,27). The number of carbonyl (C=O) groups is 3. The Morgan fingerprint density at radius 1 is 0.857 bits per heavy atom. The van der Waals surface area contributed by atoms with Gasteiger partial charge in [0.1, 0.15) is 5.76 Å². The predicted molar refractivity (Wildman–Crippen MR) is 104 cm³/mol. The number of nitrogens with one attached hydrogen (secondary N) is 3. The van der Waals surface area contributed by atoms with Gasteiger partial charge < -0.3 is 26.1 Å². The lowest BCUT2D eigenvalue weighted by Gasteiger charge is -2.11. The number of benzene rings is 2. The first-order valence-electron chi connectivity index (χ1n) is 8.40. The van der Waals surface area contributed by atoms with Crippen LogP contribution >= 0.6 is 0 Å². The van der Waals surface area contributed by atoms with Crippen LogP contribution in [0.1, 0.15) is 26.5 Å². The third-order valence-corrected chi connectivity index (χ3v) is 3.84. The molecule has 0 aliphatic heterocycles. The molecular formula is C20H18N4O4. The minimum atomic E-state index is -0.688. The number of urea groups is 1. The SMILES string of the molecule is NC(=O)Nc1ccc(C(=O)Nc2ccccc2C(=O)NCc2ccco2)cc1. The summed E-state index contributed by atoms with van der Waals surface area (Å²) in [4.78, 5) is 35.8. The average Bonchev–Trinajstić information content (AvgIpc) is 3.20. The summed E-state index contributed by atoms with van der Waals surface area (Å²) in [7, 11) is 0. The highest BCUT2D eigenvalue weighted by atomic mass is 16.3. The molecule has 0 atom stereocenters. The summed E-state index contributed by atoms with van der Waals surface area (Å²) < 4.78 is 5.19. The van der Waals surface area contributed by atoms with Gasteiger partial charge in [-0.05, 0) is 48.5 Å². The van der Waals surface area contributed by atoms with Crippen LogP contribution in [0.15, 0.2) is 71.3 Å². The van der Waals surface area contributed by atoms with Crippen molar-refractivity contribution in [3.05, 3.63) is 83.8 Å². The van der Waals surface area contributed by atoms with Crippen molar-refractivity contribution in [1.29, 1.82) is 0 Å². The van der Waals surface area contributed by atoms with Gasteiger partial charge in [-0.25, -0.2) is 4.79 Å². The molecule has 3 rings (SSSR count). The van der Waals surface area contributed by atoms with Gasteiger partial charge in [0.15, 0.2) is 0 Å². The van der Waals surface area contributed by atoms with E-state index in [2.05, 4.69) is 16.0 Å². The van der Waals surface area contributed by atoms with Crippen LogP contribution in [0.2, 0.25) is 0 Å². The Labute approximate surface area is 160 Å². The first kappa shape index (κ1) is 18.7. The number of carbonyl (C=O) groups excluding carboxylic acids is 3. The van der Waals surface area contributed by atoms with Crippen LogP contribution < -0.4 is 21.7 Å². The van der Waals surface area contributed by atoms with Crippen LogP contribution in [-0.4, -0.2) is 17.8 Å². The number of amides is 4. The molecule has 0 fully saturated rings. The minimum absolute atomic E-state index is 0.239. The maximum atomic E-state index is 12.5. The quantitative estimate of drug-likeness (QED) is 0.526. The Morgan fingerprint density at radius 2 is 1.61 bits per heavy atom. The number of nitrogens with two attached hydrogens (primary N) is 1. The number of rotatable bonds is 6. The maximum Gasteiger partial charge on any atom is 0.316 e. The summed E-state index contributed by atoms with van der Waals surface area (Å²) >= 11 is 0. The van der Waals surface area contributed by atoms with Crippen LogP contribution in [0.25, 0.3) is 0 Å². The summed E-state index contributed by atoms with van der Waals surface area (Å²) in [6, 6.07) is 15.7. The van der Waals surface area contributed by atoms with Crippen molar-refractivity contribution in [2.75, 3.05) is 10.6 Å². The second-order valence-corrected chi connectivity index (χ2v) is 5.83. The molecule has 8 nitrogen and oxygen atoms in total. The molecule has 0 spiro atoms. The fourth-order valence-electron chi connectivity index (χ4n) is 2.51. The normalized spacial score (nSPS) is 10.1. The first-order valence-corrected chi connectivity index (χ1v) is 8.40. The Kier molecular flexibility index (Phi) is 5.71. The summed E-state index contributed by atoms with van der Waals surface area (Å²) in [5.41, 5.74) is 6.59. The lowest BCUT2D eigenvalue weighted by atomic mass is 10.1. The molecule has 0 aliphatic carbocycles. The highest BCUT2D eigenvalue weighted by Crippen LogP contribution is 2.17. The van der Waals surface area contributed by atoms with Crippen LogP contribution in [0.3, 0.4) is 0 Å². The molecule has 4 amide bonds. The molecule has 0 radical (unpaired) electrons. The molecule has 2 aromatic carbocycles. The summed E-state index contributed by atoms with van der Waals surface area (Å²) in [6.45, 7) is 0.239. The number of anilines is 2. The highest BCUT2D eigenvalue weighted by molar-refractivity contribution is 6.09. The van der Waals surface area contributed by atoms with E-state index in [1.807, 2.05) is 0 Å². The molecule has 3 aromatic rings. The van der Waals surface area contributed by atoms with Gasteiger partial charge in [-0.15, -0.1) is 0 Å².